The summed E-state index contributed by atoms with van der Waals surface area (Å²) in [6.45, 7) is 3.49. The van der Waals surface area contributed by atoms with E-state index in [4.69, 9.17) is 10.5 Å². The Bertz CT molecular complexity index is 836. The molecule has 0 aliphatic rings. The normalized spacial score (nSPS) is 9.92. The molecule has 2 rings (SSSR count). The maximum atomic E-state index is 12.4. The van der Waals surface area contributed by atoms with Gasteiger partial charge in [0.15, 0.2) is 0 Å². The van der Waals surface area contributed by atoms with Crippen molar-refractivity contribution in [2.75, 3.05) is 17.7 Å². The fraction of sp³-hybridized carbons (Fsp3) is 0.167. The highest BCUT2D eigenvalue weighted by molar-refractivity contribution is 6.01. The smallest absolute Gasteiger partial charge is 0.273 e. The van der Waals surface area contributed by atoms with Crippen molar-refractivity contribution in [3.63, 3.8) is 0 Å². The molecule has 0 aliphatic heterocycles. The van der Waals surface area contributed by atoms with Gasteiger partial charge in [0.1, 0.15) is 5.75 Å². The van der Waals surface area contributed by atoms with Gasteiger partial charge in [-0.1, -0.05) is 6.07 Å². The second-order valence-corrected chi connectivity index (χ2v) is 5.36. The molecule has 2 aromatic rings. The number of carbonyl (C=O) groups is 3. The van der Waals surface area contributed by atoms with Crippen LogP contribution in [0.2, 0.25) is 0 Å². The largest absolute Gasteiger partial charge is 0.493 e. The van der Waals surface area contributed by atoms with Crippen LogP contribution in [0.1, 0.15) is 34.6 Å². The van der Waals surface area contributed by atoms with Gasteiger partial charge in [0.2, 0.25) is 5.91 Å². The Kier molecular flexibility index (Phi) is 6.15. The Morgan fingerprint density at radius 3 is 2.42 bits per heavy atom. The quantitative estimate of drug-likeness (QED) is 0.480. The number of nitrogens with two attached hydrogens (primary N) is 1. The van der Waals surface area contributed by atoms with Crippen LogP contribution < -0.4 is 26.6 Å². The molecule has 0 saturated heterocycles. The molecule has 3 amide bonds. The zero-order valence-corrected chi connectivity index (χ0v) is 14.5. The van der Waals surface area contributed by atoms with Crippen LogP contribution in [-0.4, -0.2) is 24.3 Å². The Balaban J connectivity index is 2.10. The van der Waals surface area contributed by atoms with Crippen molar-refractivity contribution in [1.82, 2.24) is 10.9 Å². The standard InChI is InChI=1S/C18H20N4O4/c1-3-26-16-10-14(20-11(2)23)7-8-15(16)18(25)22-21-17(24)12-5-4-6-13(19)9-12/h4-10H,3,19H2,1-2H3,(H,20,23)(H,21,24)(H,22,25). The van der Waals surface area contributed by atoms with Crippen molar-refractivity contribution < 1.29 is 19.1 Å². The first-order valence-electron chi connectivity index (χ1n) is 7.91. The van der Waals surface area contributed by atoms with Crippen LogP contribution >= 0.6 is 0 Å². The lowest BCUT2D eigenvalue weighted by Gasteiger charge is -2.13. The molecule has 0 spiro atoms. The number of hydrogen-bond acceptors (Lipinski definition) is 5. The van der Waals surface area contributed by atoms with Gasteiger partial charge in [-0.05, 0) is 37.3 Å². The van der Waals surface area contributed by atoms with Gasteiger partial charge in [0, 0.05) is 29.9 Å². The molecule has 136 valence electrons. The predicted molar refractivity (Wildman–Crippen MR) is 97.7 cm³/mol. The van der Waals surface area contributed by atoms with Gasteiger partial charge in [-0.15, -0.1) is 0 Å². The van der Waals surface area contributed by atoms with Crippen LogP contribution in [0.15, 0.2) is 42.5 Å². The van der Waals surface area contributed by atoms with Crippen LogP contribution in [0.3, 0.4) is 0 Å². The number of hydrazine groups is 1. The third-order valence-electron chi connectivity index (χ3n) is 3.28. The number of amides is 3. The van der Waals surface area contributed by atoms with Crippen molar-refractivity contribution >= 4 is 29.1 Å². The van der Waals surface area contributed by atoms with Crippen LogP contribution in [0, 0.1) is 0 Å². The van der Waals surface area contributed by atoms with Gasteiger partial charge < -0.3 is 15.8 Å². The predicted octanol–water partition coefficient (Wildman–Crippen LogP) is 1.70. The van der Waals surface area contributed by atoms with Gasteiger partial charge in [0.05, 0.1) is 12.2 Å². The monoisotopic (exact) mass is 356 g/mol. The van der Waals surface area contributed by atoms with Crippen LogP contribution in [0.5, 0.6) is 5.75 Å². The molecule has 0 saturated carbocycles. The summed E-state index contributed by atoms with van der Waals surface area (Å²) < 4.78 is 5.45. The summed E-state index contributed by atoms with van der Waals surface area (Å²) in [6, 6.07) is 11.0. The lowest BCUT2D eigenvalue weighted by Crippen LogP contribution is -2.41. The van der Waals surface area contributed by atoms with Crippen molar-refractivity contribution in [3.05, 3.63) is 53.6 Å². The first kappa shape index (κ1) is 18.8. The van der Waals surface area contributed by atoms with E-state index in [9.17, 15) is 14.4 Å². The number of nitrogen functional groups attached to an aromatic ring is 1. The van der Waals surface area contributed by atoms with E-state index in [1.54, 1.807) is 37.3 Å². The molecule has 0 aliphatic carbocycles. The van der Waals surface area contributed by atoms with E-state index in [-0.39, 0.29) is 17.2 Å². The van der Waals surface area contributed by atoms with Crippen molar-refractivity contribution in [1.29, 1.82) is 0 Å². The lowest BCUT2D eigenvalue weighted by atomic mass is 10.1. The molecule has 0 unspecified atom stereocenters. The van der Waals surface area contributed by atoms with Gasteiger partial charge in [0.25, 0.3) is 11.8 Å². The van der Waals surface area contributed by atoms with Gasteiger partial charge in [-0.3, -0.25) is 25.2 Å². The number of nitrogens with one attached hydrogen (secondary N) is 3. The third-order valence-corrected chi connectivity index (χ3v) is 3.28. The molecule has 0 atom stereocenters. The fourth-order valence-corrected chi connectivity index (χ4v) is 2.20. The molecule has 0 fully saturated rings. The zero-order valence-electron chi connectivity index (χ0n) is 14.5. The second kappa shape index (κ2) is 8.52. The highest BCUT2D eigenvalue weighted by Crippen LogP contribution is 2.23. The maximum absolute atomic E-state index is 12.4. The maximum Gasteiger partial charge on any atom is 0.273 e. The van der Waals surface area contributed by atoms with E-state index >= 15 is 0 Å². The van der Waals surface area contributed by atoms with E-state index in [2.05, 4.69) is 16.2 Å². The molecule has 8 nitrogen and oxygen atoms in total. The SMILES string of the molecule is CCOc1cc(NC(C)=O)ccc1C(=O)NNC(=O)c1cccc(N)c1. The average Bonchev–Trinajstić information content (AvgIpc) is 2.59. The second-order valence-electron chi connectivity index (χ2n) is 5.36. The summed E-state index contributed by atoms with van der Waals surface area (Å²) in [7, 11) is 0. The first-order chi connectivity index (χ1) is 12.4. The Labute approximate surface area is 150 Å². The molecular formula is C18H20N4O4. The molecule has 0 aromatic heterocycles. The van der Waals surface area contributed by atoms with E-state index in [1.165, 1.54) is 19.1 Å². The van der Waals surface area contributed by atoms with Crippen LogP contribution in [0.25, 0.3) is 0 Å². The fourth-order valence-electron chi connectivity index (χ4n) is 2.20. The minimum atomic E-state index is -0.555. The number of ether oxygens (including phenoxy) is 1. The van der Waals surface area contributed by atoms with Gasteiger partial charge in [-0.25, -0.2) is 0 Å². The number of rotatable bonds is 5. The summed E-state index contributed by atoms with van der Waals surface area (Å²) in [6.07, 6.45) is 0. The summed E-state index contributed by atoms with van der Waals surface area (Å²) in [4.78, 5) is 35.6. The van der Waals surface area contributed by atoms with E-state index in [0.717, 1.165) is 0 Å². The summed E-state index contributed by atoms with van der Waals surface area (Å²) >= 11 is 0. The molecule has 2 aromatic carbocycles. The Morgan fingerprint density at radius 2 is 1.77 bits per heavy atom. The van der Waals surface area contributed by atoms with Crippen LogP contribution in [-0.2, 0) is 4.79 Å². The van der Waals surface area contributed by atoms with Crippen LogP contribution in [0.4, 0.5) is 11.4 Å². The van der Waals surface area contributed by atoms with Gasteiger partial charge >= 0.3 is 0 Å². The molecule has 5 N–H and O–H groups in total. The Morgan fingerprint density at radius 1 is 1.04 bits per heavy atom. The molecular weight excluding hydrogens is 336 g/mol. The van der Waals surface area contributed by atoms with E-state index < -0.39 is 11.8 Å². The van der Waals surface area contributed by atoms with E-state index in [1.807, 2.05) is 0 Å². The third kappa shape index (κ3) is 4.97. The molecule has 26 heavy (non-hydrogen) atoms. The van der Waals surface area contributed by atoms with Crippen molar-refractivity contribution in [3.8, 4) is 5.75 Å². The summed E-state index contributed by atoms with van der Waals surface area (Å²) in [5.74, 6) is -1.01. The first-order valence-corrected chi connectivity index (χ1v) is 7.91. The average molecular weight is 356 g/mol. The zero-order chi connectivity index (χ0) is 19.1. The van der Waals surface area contributed by atoms with Crippen molar-refractivity contribution in [2.45, 2.75) is 13.8 Å². The van der Waals surface area contributed by atoms with Gasteiger partial charge in [-0.2, -0.15) is 0 Å². The number of hydrogen-bond donors (Lipinski definition) is 4. The topological polar surface area (TPSA) is 123 Å². The van der Waals surface area contributed by atoms with E-state index in [0.29, 0.717) is 23.5 Å². The number of carbonyl (C=O) groups excluding carboxylic acids is 3. The Hall–Kier alpha value is -3.55. The summed E-state index contributed by atoms with van der Waals surface area (Å²) in [5.41, 5.74) is 11.8. The highest BCUT2D eigenvalue weighted by atomic mass is 16.5. The van der Waals surface area contributed by atoms with Crippen molar-refractivity contribution in [2.24, 2.45) is 0 Å². The number of anilines is 2. The molecule has 0 radical (unpaired) electrons. The minimum Gasteiger partial charge on any atom is -0.493 e. The molecule has 0 heterocycles. The summed E-state index contributed by atoms with van der Waals surface area (Å²) in [5, 5.41) is 2.61. The lowest BCUT2D eigenvalue weighted by molar-refractivity contribution is -0.114. The number of benzene rings is 2. The molecule has 0 bridgehead atoms. The molecule has 8 heteroatoms. The highest BCUT2D eigenvalue weighted by Gasteiger charge is 2.15. The minimum absolute atomic E-state index is 0.217.